The molecule has 0 aromatic rings. The lowest BCUT2D eigenvalue weighted by molar-refractivity contribution is -0.143. The van der Waals surface area contributed by atoms with E-state index in [4.69, 9.17) is 5.11 Å². The Morgan fingerprint density at radius 1 is 1.77 bits per heavy atom. The summed E-state index contributed by atoms with van der Waals surface area (Å²) in [5, 5.41) is 12.7. The molecule has 0 aromatic carbocycles. The highest BCUT2D eigenvalue weighted by molar-refractivity contribution is 8.00. The van der Waals surface area contributed by atoms with E-state index in [2.05, 4.69) is 12.2 Å². The summed E-state index contributed by atoms with van der Waals surface area (Å²) in [7, 11) is 0. The van der Waals surface area contributed by atoms with E-state index in [0.29, 0.717) is 11.0 Å². The summed E-state index contributed by atoms with van der Waals surface area (Å²) in [6.45, 7) is 4.93. The molecule has 76 valence electrons. The second kappa shape index (κ2) is 4.33. The van der Waals surface area contributed by atoms with Gasteiger partial charge in [-0.2, -0.15) is 11.8 Å². The molecule has 2 atom stereocenters. The van der Waals surface area contributed by atoms with Gasteiger partial charge in [0.25, 0.3) is 0 Å². The van der Waals surface area contributed by atoms with Crippen LogP contribution in [0.15, 0.2) is 0 Å². The molecule has 0 saturated carbocycles. The van der Waals surface area contributed by atoms with Crippen molar-refractivity contribution in [2.75, 3.05) is 12.3 Å². The maximum absolute atomic E-state index is 11.1. The SMILES string of the molecule is CCCNC1(C(=O)O)CSC(C)C1. The molecule has 1 saturated heterocycles. The van der Waals surface area contributed by atoms with Gasteiger partial charge in [0.1, 0.15) is 5.54 Å². The lowest BCUT2D eigenvalue weighted by Gasteiger charge is -2.24. The molecule has 2 unspecified atom stereocenters. The van der Waals surface area contributed by atoms with Gasteiger partial charge in [-0.3, -0.25) is 4.79 Å². The van der Waals surface area contributed by atoms with E-state index in [0.717, 1.165) is 19.4 Å². The summed E-state index contributed by atoms with van der Waals surface area (Å²) in [5.41, 5.74) is -0.653. The van der Waals surface area contributed by atoms with E-state index in [-0.39, 0.29) is 0 Å². The molecule has 3 nitrogen and oxygen atoms in total. The van der Waals surface area contributed by atoms with Crippen LogP contribution in [0.5, 0.6) is 0 Å². The van der Waals surface area contributed by atoms with Gasteiger partial charge in [-0.25, -0.2) is 0 Å². The van der Waals surface area contributed by atoms with Crippen LogP contribution in [-0.2, 0) is 4.79 Å². The second-order valence-electron chi connectivity index (χ2n) is 3.64. The van der Waals surface area contributed by atoms with E-state index >= 15 is 0 Å². The highest BCUT2D eigenvalue weighted by Gasteiger charge is 2.44. The number of nitrogens with one attached hydrogen (secondary N) is 1. The Hall–Kier alpha value is -0.220. The number of hydrogen-bond donors (Lipinski definition) is 2. The minimum atomic E-state index is -0.696. The molecule has 1 aliphatic heterocycles. The number of carboxylic acid groups (broad SMARTS) is 1. The minimum Gasteiger partial charge on any atom is -0.480 e. The Labute approximate surface area is 83.3 Å². The summed E-state index contributed by atoms with van der Waals surface area (Å²) >= 11 is 1.74. The number of carbonyl (C=O) groups is 1. The zero-order valence-corrected chi connectivity index (χ0v) is 8.99. The van der Waals surface area contributed by atoms with E-state index in [1.807, 2.05) is 6.92 Å². The lowest BCUT2D eigenvalue weighted by atomic mass is 9.96. The Kier molecular flexibility index (Phi) is 3.62. The molecule has 0 aromatic heterocycles. The normalized spacial score (nSPS) is 33.5. The Morgan fingerprint density at radius 2 is 2.46 bits per heavy atom. The van der Waals surface area contributed by atoms with Crippen molar-refractivity contribution >= 4 is 17.7 Å². The molecule has 1 rings (SSSR count). The van der Waals surface area contributed by atoms with Gasteiger partial charge in [-0.1, -0.05) is 13.8 Å². The van der Waals surface area contributed by atoms with E-state index in [1.54, 1.807) is 11.8 Å². The van der Waals surface area contributed by atoms with Gasteiger partial charge in [-0.15, -0.1) is 0 Å². The molecule has 0 bridgehead atoms. The number of thioether (sulfide) groups is 1. The van der Waals surface area contributed by atoms with Crippen LogP contribution in [0.2, 0.25) is 0 Å². The predicted octanol–water partition coefficient (Wildman–Crippen LogP) is 1.33. The summed E-state index contributed by atoms with van der Waals surface area (Å²) < 4.78 is 0. The third kappa shape index (κ3) is 2.38. The van der Waals surface area contributed by atoms with Gasteiger partial charge in [-0.05, 0) is 19.4 Å². The van der Waals surface area contributed by atoms with Gasteiger partial charge >= 0.3 is 5.97 Å². The summed E-state index contributed by atoms with van der Waals surface area (Å²) in [5.74, 6) is 0.00144. The van der Waals surface area contributed by atoms with Gasteiger partial charge in [0.2, 0.25) is 0 Å². The number of carboxylic acids is 1. The van der Waals surface area contributed by atoms with Crippen molar-refractivity contribution in [2.45, 2.75) is 37.5 Å². The fraction of sp³-hybridized carbons (Fsp3) is 0.889. The molecule has 0 radical (unpaired) electrons. The van der Waals surface area contributed by atoms with Gasteiger partial charge < -0.3 is 10.4 Å². The molecule has 1 aliphatic rings. The fourth-order valence-corrected chi connectivity index (χ4v) is 2.92. The van der Waals surface area contributed by atoms with E-state index in [1.165, 1.54) is 0 Å². The van der Waals surface area contributed by atoms with Gasteiger partial charge in [0.15, 0.2) is 0 Å². The number of rotatable bonds is 4. The Morgan fingerprint density at radius 3 is 2.85 bits per heavy atom. The number of aliphatic carboxylic acids is 1. The van der Waals surface area contributed by atoms with Gasteiger partial charge in [0.05, 0.1) is 0 Å². The van der Waals surface area contributed by atoms with Crippen molar-refractivity contribution in [3.8, 4) is 0 Å². The molecule has 4 heteroatoms. The van der Waals surface area contributed by atoms with Crippen molar-refractivity contribution in [2.24, 2.45) is 0 Å². The first-order chi connectivity index (χ1) is 6.10. The average Bonchev–Trinajstić information content (AvgIpc) is 2.45. The van der Waals surface area contributed by atoms with Crippen molar-refractivity contribution in [1.29, 1.82) is 0 Å². The van der Waals surface area contributed by atoms with E-state index in [9.17, 15) is 4.79 Å². The minimum absolute atomic E-state index is 0.459. The monoisotopic (exact) mass is 203 g/mol. The predicted molar refractivity (Wildman–Crippen MR) is 55.2 cm³/mol. The van der Waals surface area contributed by atoms with Crippen LogP contribution in [0, 0.1) is 0 Å². The first-order valence-electron chi connectivity index (χ1n) is 4.71. The standard InChI is InChI=1S/C9H17NO2S/c1-3-4-10-9(8(11)12)5-7(2)13-6-9/h7,10H,3-6H2,1-2H3,(H,11,12). The molecule has 1 heterocycles. The smallest absolute Gasteiger partial charge is 0.324 e. The first-order valence-corrected chi connectivity index (χ1v) is 5.75. The summed E-state index contributed by atoms with van der Waals surface area (Å²) in [6.07, 6.45) is 1.72. The van der Waals surface area contributed by atoms with Crippen LogP contribution in [0.3, 0.4) is 0 Å². The maximum Gasteiger partial charge on any atom is 0.324 e. The van der Waals surface area contributed by atoms with Crippen LogP contribution in [-0.4, -0.2) is 34.2 Å². The number of hydrogen-bond acceptors (Lipinski definition) is 3. The van der Waals surface area contributed by atoms with Crippen LogP contribution < -0.4 is 5.32 Å². The quantitative estimate of drug-likeness (QED) is 0.724. The van der Waals surface area contributed by atoms with Crippen molar-refractivity contribution in [3.63, 3.8) is 0 Å². The fourth-order valence-electron chi connectivity index (χ4n) is 1.61. The summed E-state index contributed by atoms with van der Waals surface area (Å²) in [4.78, 5) is 11.1. The van der Waals surface area contributed by atoms with Crippen molar-refractivity contribution in [3.05, 3.63) is 0 Å². The molecule has 1 fully saturated rings. The Balaban J connectivity index is 2.60. The third-order valence-electron chi connectivity index (χ3n) is 2.37. The Bertz CT molecular complexity index is 198. The zero-order chi connectivity index (χ0) is 9.90. The largest absolute Gasteiger partial charge is 0.480 e. The van der Waals surface area contributed by atoms with Gasteiger partial charge in [0, 0.05) is 11.0 Å². The van der Waals surface area contributed by atoms with Crippen LogP contribution in [0.25, 0.3) is 0 Å². The topological polar surface area (TPSA) is 49.3 Å². The average molecular weight is 203 g/mol. The molecule has 0 amide bonds. The highest BCUT2D eigenvalue weighted by Crippen LogP contribution is 2.34. The third-order valence-corrected chi connectivity index (χ3v) is 3.77. The van der Waals surface area contributed by atoms with Crippen LogP contribution >= 0.6 is 11.8 Å². The van der Waals surface area contributed by atoms with Crippen molar-refractivity contribution < 1.29 is 9.90 Å². The lowest BCUT2D eigenvalue weighted by Crippen LogP contribution is -2.52. The van der Waals surface area contributed by atoms with Crippen molar-refractivity contribution in [1.82, 2.24) is 5.32 Å². The summed E-state index contributed by atoms with van der Waals surface area (Å²) in [6, 6.07) is 0. The second-order valence-corrected chi connectivity index (χ2v) is 5.07. The van der Waals surface area contributed by atoms with Crippen LogP contribution in [0.4, 0.5) is 0 Å². The molecule has 13 heavy (non-hydrogen) atoms. The van der Waals surface area contributed by atoms with Crippen LogP contribution in [0.1, 0.15) is 26.7 Å². The van der Waals surface area contributed by atoms with E-state index < -0.39 is 11.5 Å². The molecule has 0 spiro atoms. The molecule has 0 aliphatic carbocycles. The molecular formula is C9H17NO2S. The molecule has 2 N–H and O–H groups in total. The zero-order valence-electron chi connectivity index (χ0n) is 8.17. The maximum atomic E-state index is 11.1. The molecular weight excluding hydrogens is 186 g/mol. The first kappa shape index (κ1) is 10.9. The highest BCUT2D eigenvalue weighted by atomic mass is 32.2.